The number of nitrogens with zero attached hydrogens (tertiary/aromatic N) is 1. The molecule has 1 fully saturated rings. The first-order valence-corrected chi connectivity index (χ1v) is 8.23. The van der Waals surface area contributed by atoms with E-state index in [1.165, 1.54) is 0 Å². The Morgan fingerprint density at radius 3 is 2.17 bits per heavy atom. The Morgan fingerprint density at radius 1 is 1.12 bits per heavy atom. The number of halogens is 3. The summed E-state index contributed by atoms with van der Waals surface area (Å²) in [6.45, 7) is 4.75. The number of hydrogen-bond donors (Lipinski definition) is 1. The SMILES string of the molecule is CCOc1ccc(OCCN2CCC(C(O)C(F)(F)F)CC2)cc1. The van der Waals surface area contributed by atoms with E-state index in [2.05, 4.69) is 4.90 Å². The van der Waals surface area contributed by atoms with Gasteiger partial charge in [-0.2, -0.15) is 13.2 Å². The molecule has 0 saturated carbocycles. The third-order valence-electron chi connectivity index (χ3n) is 4.23. The maximum Gasteiger partial charge on any atom is 0.414 e. The zero-order valence-corrected chi connectivity index (χ0v) is 13.8. The van der Waals surface area contributed by atoms with E-state index in [9.17, 15) is 18.3 Å². The molecule has 1 N–H and O–H groups in total. The van der Waals surface area contributed by atoms with Gasteiger partial charge < -0.3 is 14.6 Å². The molecule has 1 heterocycles. The quantitative estimate of drug-likeness (QED) is 0.823. The molecule has 0 spiro atoms. The smallest absolute Gasteiger partial charge is 0.414 e. The number of likely N-dealkylation sites (tertiary alicyclic amines) is 1. The third kappa shape index (κ3) is 5.56. The van der Waals surface area contributed by atoms with Crippen LogP contribution in [0.2, 0.25) is 0 Å². The van der Waals surface area contributed by atoms with E-state index >= 15 is 0 Å². The molecule has 1 aromatic carbocycles. The number of hydrogen-bond acceptors (Lipinski definition) is 4. The Hall–Kier alpha value is -1.47. The first-order chi connectivity index (χ1) is 11.4. The van der Waals surface area contributed by atoms with Gasteiger partial charge in [0.15, 0.2) is 6.10 Å². The van der Waals surface area contributed by atoms with Gasteiger partial charge in [0.25, 0.3) is 0 Å². The van der Waals surface area contributed by atoms with E-state index in [1.807, 2.05) is 31.2 Å². The number of aliphatic hydroxyl groups excluding tert-OH is 1. The van der Waals surface area contributed by atoms with Crippen molar-refractivity contribution in [3.63, 3.8) is 0 Å². The van der Waals surface area contributed by atoms with Crippen molar-refractivity contribution in [1.82, 2.24) is 4.90 Å². The largest absolute Gasteiger partial charge is 0.494 e. The van der Waals surface area contributed by atoms with Crippen LogP contribution in [0.5, 0.6) is 11.5 Å². The number of ether oxygens (including phenoxy) is 2. The molecule has 0 bridgehead atoms. The molecule has 1 unspecified atom stereocenters. The molecule has 1 aromatic rings. The highest BCUT2D eigenvalue weighted by Crippen LogP contribution is 2.31. The van der Waals surface area contributed by atoms with Gasteiger partial charge in [-0.25, -0.2) is 0 Å². The molecule has 0 aromatic heterocycles. The van der Waals surface area contributed by atoms with Crippen molar-refractivity contribution >= 4 is 0 Å². The van der Waals surface area contributed by atoms with Crippen LogP contribution in [0.1, 0.15) is 19.8 Å². The molecule has 0 aliphatic carbocycles. The summed E-state index contributed by atoms with van der Waals surface area (Å²) < 4.78 is 48.5. The first-order valence-electron chi connectivity index (χ1n) is 8.23. The van der Waals surface area contributed by atoms with Gasteiger partial charge in [0.05, 0.1) is 6.61 Å². The average molecular weight is 347 g/mol. The van der Waals surface area contributed by atoms with Crippen molar-refractivity contribution in [1.29, 1.82) is 0 Å². The summed E-state index contributed by atoms with van der Waals surface area (Å²) in [7, 11) is 0. The van der Waals surface area contributed by atoms with E-state index in [0.29, 0.717) is 45.7 Å². The van der Waals surface area contributed by atoms with Gasteiger partial charge in [0.1, 0.15) is 18.1 Å². The van der Waals surface area contributed by atoms with Crippen LogP contribution in [0.4, 0.5) is 13.2 Å². The summed E-state index contributed by atoms with van der Waals surface area (Å²) >= 11 is 0. The molecule has 0 radical (unpaired) electrons. The van der Waals surface area contributed by atoms with E-state index in [1.54, 1.807) is 0 Å². The topological polar surface area (TPSA) is 41.9 Å². The summed E-state index contributed by atoms with van der Waals surface area (Å²) in [4.78, 5) is 2.06. The fourth-order valence-electron chi connectivity index (χ4n) is 2.85. The molecule has 4 nitrogen and oxygen atoms in total. The lowest BCUT2D eigenvalue weighted by Crippen LogP contribution is -2.44. The Balaban J connectivity index is 1.67. The maximum atomic E-state index is 12.5. The van der Waals surface area contributed by atoms with Gasteiger partial charge in [-0.3, -0.25) is 4.90 Å². The highest BCUT2D eigenvalue weighted by Gasteiger charge is 2.44. The van der Waals surface area contributed by atoms with Crippen LogP contribution in [0.25, 0.3) is 0 Å². The van der Waals surface area contributed by atoms with Crippen LogP contribution >= 0.6 is 0 Å². The maximum absolute atomic E-state index is 12.5. The molecular weight excluding hydrogens is 323 g/mol. The predicted molar refractivity (Wildman–Crippen MR) is 84.3 cm³/mol. The van der Waals surface area contributed by atoms with Crippen LogP contribution in [-0.4, -0.2) is 55.1 Å². The minimum Gasteiger partial charge on any atom is -0.494 e. The second-order valence-corrected chi connectivity index (χ2v) is 5.92. The standard InChI is InChI=1S/C17H24F3NO3/c1-2-23-14-3-5-15(6-4-14)24-12-11-21-9-7-13(8-10-21)16(22)17(18,19)20/h3-6,13,16,22H,2,7-12H2,1H3. The number of aliphatic hydroxyl groups is 1. The minimum atomic E-state index is -4.52. The number of benzene rings is 1. The lowest BCUT2D eigenvalue weighted by Gasteiger charge is -2.34. The molecule has 24 heavy (non-hydrogen) atoms. The summed E-state index contributed by atoms with van der Waals surface area (Å²) in [5.74, 6) is 0.823. The zero-order chi connectivity index (χ0) is 17.6. The number of piperidine rings is 1. The van der Waals surface area contributed by atoms with Crippen LogP contribution in [-0.2, 0) is 0 Å². The van der Waals surface area contributed by atoms with Crippen molar-refractivity contribution in [2.75, 3.05) is 32.8 Å². The van der Waals surface area contributed by atoms with Gasteiger partial charge in [-0.15, -0.1) is 0 Å². The molecule has 1 aliphatic heterocycles. The van der Waals surface area contributed by atoms with E-state index in [0.717, 1.165) is 11.5 Å². The monoisotopic (exact) mass is 347 g/mol. The fraction of sp³-hybridized carbons (Fsp3) is 0.647. The molecule has 1 aliphatic rings. The van der Waals surface area contributed by atoms with Crippen molar-refractivity contribution in [2.24, 2.45) is 5.92 Å². The average Bonchev–Trinajstić information content (AvgIpc) is 2.56. The highest BCUT2D eigenvalue weighted by molar-refractivity contribution is 5.31. The van der Waals surface area contributed by atoms with Crippen LogP contribution in [0, 0.1) is 5.92 Å². The fourth-order valence-corrected chi connectivity index (χ4v) is 2.85. The van der Waals surface area contributed by atoms with Crippen molar-refractivity contribution < 1.29 is 27.8 Å². The van der Waals surface area contributed by atoms with Gasteiger partial charge in [0, 0.05) is 6.54 Å². The van der Waals surface area contributed by atoms with E-state index in [-0.39, 0.29) is 0 Å². The van der Waals surface area contributed by atoms with Crippen molar-refractivity contribution in [2.45, 2.75) is 32.0 Å². The molecule has 7 heteroatoms. The summed E-state index contributed by atoms with van der Waals surface area (Å²) in [5, 5.41) is 9.30. The minimum absolute atomic E-state index is 0.351. The van der Waals surface area contributed by atoms with Gasteiger partial charge in [-0.1, -0.05) is 0 Å². The van der Waals surface area contributed by atoms with Crippen LogP contribution in [0.3, 0.4) is 0 Å². The Kier molecular flexibility index (Phi) is 6.74. The Labute approximate surface area is 140 Å². The second-order valence-electron chi connectivity index (χ2n) is 5.92. The van der Waals surface area contributed by atoms with Crippen molar-refractivity contribution in [3.05, 3.63) is 24.3 Å². The predicted octanol–water partition coefficient (Wildman–Crippen LogP) is 3.10. The lowest BCUT2D eigenvalue weighted by atomic mass is 9.91. The third-order valence-corrected chi connectivity index (χ3v) is 4.23. The van der Waals surface area contributed by atoms with Gasteiger partial charge >= 0.3 is 6.18 Å². The van der Waals surface area contributed by atoms with Crippen LogP contribution < -0.4 is 9.47 Å². The van der Waals surface area contributed by atoms with Gasteiger partial charge in [0.2, 0.25) is 0 Å². The Morgan fingerprint density at radius 2 is 1.67 bits per heavy atom. The van der Waals surface area contributed by atoms with Crippen LogP contribution in [0.15, 0.2) is 24.3 Å². The molecule has 2 rings (SSSR count). The number of alkyl halides is 3. The normalized spacial score (nSPS) is 18.4. The van der Waals surface area contributed by atoms with E-state index < -0.39 is 18.2 Å². The summed E-state index contributed by atoms with van der Waals surface area (Å²) in [6, 6.07) is 7.33. The number of rotatable bonds is 7. The molecular formula is C17H24F3NO3. The van der Waals surface area contributed by atoms with Crippen molar-refractivity contribution in [3.8, 4) is 11.5 Å². The molecule has 0 amide bonds. The highest BCUT2D eigenvalue weighted by atomic mass is 19.4. The van der Waals surface area contributed by atoms with E-state index in [4.69, 9.17) is 9.47 Å². The molecule has 1 saturated heterocycles. The second kappa shape index (κ2) is 8.58. The summed E-state index contributed by atoms with van der Waals surface area (Å²) in [6.07, 6.45) is -6.03. The first kappa shape index (κ1) is 18.9. The molecule has 1 atom stereocenters. The Bertz CT molecular complexity index is 485. The lowest BCUT2D eigenvalue weighted by molar-refractivity contribution is -0.223. The molecule has 136 valence electrons. The zero-order valence-electron chi connectivity index (χ0n) is 13.8. The van der Waals surface area contributed by atoms with Gasteiger partial charge in [-0.05, 0) is 63.0 Å². The summed E-state index contributed by atoms with van der Waals surface area (Å²) in [5.41, 5.74) is 0.